The van der Waals surface area contributed by atoms with Crippen LogP contribution >= 0.6 is 0 Å². The van der Waals surface area contributed by atoms with Crippen LogP contribution in [0.2, 0.25) is 0 Å². The van der Waals surface area contributed by atoms with Crippen molar-refractivity contribution in [1.82, 2.24) is 19.2 Å². The van der Waals surface area contributed by atoms with Gasteiger partial charge in [-0.05, 0) is 164 Å². The average Bonchev–Trinajstić information content (AvgIpc) is 1.73. The zero-order valence-electron chi connectivity index (χ0n) is 55.3. The highest BCUT2D eigenvalue weighted by Crippen LogP contribution is 2.47. The highest BCUT2D eigenvalue weighted by Gasteiger charge is 2.36. The van der Waals surface area contributed by atoms with E-state index < -0.39 is 31.2 Å². The second-order valence-corrected chi connectivity index (χ2v) is 23.0. The van der Waals surface area contributed by atoms with Crippen LogP contribution in [0.25, 0.3) is 38.6 Å². The maximum atomic E-state index is 9.34. The summed E-state index contributed by atoms with van der Waals surface area (Å²) >= 11 is 0. The maximum Gasteiger partial charge on any atom is 0.320 e. The number of anilines is 3. The summed E-state index contributed by atoms with van der Waals surface area (Å²) in [6.45, 7) is 8.27. The van der Waals surface area contributed by atoms with Gasteiger partial charge in [-0.15, -0.1) is 0 Å². The lowest BCUT2D eigenvalue weighted by Gasteiger charge is -2.35. The number of pyridine rings is 1. The number of aromatic nitrogens is 2. The molecule has 8 aromatic rings. The molecule has 79 heavy (non-hydrogen) atoms. The minimum Gasteiger partial charge on any atom is -0.457 e. The number of fused-ring (bicyclic) bond motifs is 6. The first-order valence-electron chi connectivity index (χ1n) is 32.1. The first-order valence-corrected chi connectivity index (χ1v) is 27.1. The van der Waals surface area contributed by atoms with E-state index in [0.29, 0.717) is 35.6 Å². The molecule has 7 nitrogen and oxygen atoms in total. The van der Waals surface area contributed by atoms with E-state index in [1.54, 1.807) is 41.0 Å². The van der Waals surface area contributed by atoms with Crippen molar-refractivity contribution in [1.29, 1.82) is 0 Å². The Labute approximate surface area is 481 Å². The molecule has 0 saturated heterocycles. The molecular formula is C70H66B2N6O. The third kappa shape index (κ3) is 9.05. The minimum atomic E-state index is -3.10. The van der Waals surface area contributed by atoms with Crippen molar-refractivity contribution >= 4 is 63.5 Å². The van der Waals surface area contributed by atoms with Gasteiger partial charge >= 0.3 is 13.7 Å². The molecule has 13 rings (SSSR count). The normalized spacial score (nSPS) is 17.9. The lowest BCUT2D eigenvalue weighted by atomic mass is 9.48. The Hall–Kier alpha value is -8.68. The van der Waals surface area contributed by atoms with Crippen LogP contribution in [0.1, 0.15) is 108 Å². The van der Waals surface area contributed by atoms with E-state index in [1.165, 1.54) is 63.7 Å². The molecule has 7 heterocycles. The second-order valence-electron chi connectivity index (χ2n) is 23.0. The van der Waals surface area contributed by atoms with Crippen molar-refractivity contribution in [2.45, 2.75) is 78.0 Å². The summed E-state index contributed by atoms with van der Waals surface area (Å²) in [7, 11) is 0. The maximum absolute atomic E-state index is 9.34. The van der Waals surface area contributed by atoms with Crippen LogP contribution in [0.15, 0.2) is 231 Å². The van der Waals surface area contributed by atoms with E-state index in [9.17, 15) is 2.74 Å². The van der Waals surface area contributed by atoms with Gasteiger partial charge in [0.25, 0.3) is 0 Å². The standard InChI is InChI=1S/C70H66B2N6O/c1-68(2,3)51-40-53(45-55(41-51)79-54-30-31-57-56-24-12-13-27-63(56)78(66(57)46-54)67-44-50(32-35-73-67)70(7,8)49-22-10-9-11-23-49)77-48-74(64-28-14-15-29-65(64)77)47-60-58(61-25-20-38-75-36-18-16-33-71(61)75)42-52(69(4,5)6)43-59(60)62-26-21-39-76-37-19-17-34-72(62)76/h9-46H,47-48H2,1-8H3/i7D3,8D3,12D,13D,24D,27D. The largest absolute Gasteiger partial charge is 0.457 e. The monoisotopic (exact) mass is 1040 g/mol. The van der Waals surface area contributed by atoms with Gasteiger partial charge in [0, 0.05) is 55.0 Å². The van der Waals surface area contributed by atoms with E-state index in [-0.39, 0.29) is 64.5 Å². The third-order valence-electron chi connectivity index (χ3n) is 15.9. The molecule has 6 aromatic carbocycles. The van der Waals surface area contributed by atoms with Crippen molar-refractivity contribution in [3.63, 3.8) is 0 Å². The quantitative estimate of drug-likeness (QED) is 0.127. The number of ether oxygens (including phenoxy) is 1. The highest BCUT2D eigenvalue weighted by atomic mass is 16.5. The summed E-state index contributed by atoms with van der Waals surface area (Å²) in [5.41, 5.74) is 8.77. The Bertz CT molecular complexity index is 4370. The smallest absolute Gasteiger partial charge is 0.320 e. The fourth-order valence-corrected chi connectivity index (χ4v) is 11.6. The molecule has 0 N–H and O–H groups in total. The van der Waals surface area contributed by atoms with Gasteiger partial charge in [0.15, 0.2) is 0 Å². The predicted octanol–water partition coefficient (Wildman–Crippen LogP) is 16.7. The Balaban J connectivity index is 0.931. The van der Waals surface area contributed by atoms with Crippen molar-refractivity contribution < 1.29 is 18.4 Å². The zero-order valence-corrected chi connectivity index (χ0v) is 45.3. The number of para-hydroxylation sites is 3. The first-order chi connectivity index (χ1) is 42.3. The second kappa shape index (κ2) is 19.3. The molecule has 0 atom stereocenters. The molecule has 0 radical (unpaired) electrons. The predicted molar refractivity (Wildman–Crippen MR) is 333 cm³/mol. The lowest BCUT2D eigenvalue weighted by molar-refractivity contribution is 0.479. The van der Waals surface area contributed by atoms with Gasteiger partial charge in [-0.1, -0.05) is 164 Å². The number of rotatable bonds is 10. The summed E-state index contributed by atoms with van der Waals surface area (Å²) in [6.07, 6.45) is 27.2. The molecule has 0 aliphatic carbocycles. The van der Waals surface area contributed by atoms with Gasteiger partial charge in [0.2, 0.25) is 0 Å². The van der Waals surface area contributed by atoms with E-state index >= 15 is 0 Å². The van der Waals surface area contributed by atoms with Crippen LogP contribution in [0.5, 0.6) is 11.5 Å². The van der Waals surface area contributed by atoms with Crippen LogP contribution in [-0.4, -0.2) is 39.5 Å². The SMILES string of the molecule is [2H]c1c([2H])c([2H])c2c(c1[2H])c1ccc(Oc3cc(N4CN(Cc5c(C6=CC=CN7C=CC=CB67)cc(C(C)(C)C)cc5C5=CC=CN6C=CC=CB56)c5ccccc54)cc(C(C)(C)C)c3)cc1n2-c1cc(C(c2ccccc2)(C([2H])([2H])[2H])C([2H])([2H])[2H])ccn1. The Kier molecular flexibility index (Phi) is 9.71. The van der Waals surface area contributed by atoms with Crippen molar-refractivity contribution in [3.05, 3.63) is 270 Å². The summed E-state index contributed by atoms with van der Waals surface area (Å²) in [5, 5.41) is 0.657. The average molecular weight is 1040 g/mol. The third-order valence-corrected chi connectivity index (χ3v) is 15.9. The molecule has 5 aliphatic heterocycles. The van der Waals surface area contributed by atoms with E-state index in [4.69, 9.17) is 20.7 Å². The van der Waals surface area contributed by atoms with Gasteiger partial charge in [0.1, 0.15) is 17.3 Å². The zero-order chi connectivity index (χ0) is 62.7. The molecule has 0 fully saturated rings. The Morgan fingerprint density at radius 3 is 1.91 bits per heavy atom. The topological polar surface area (TPSA) is 40.0 Å². The number of hydrogen-bond acceptors (Lipinski definition) is 6. The first kappa shape index (κ1) is 39.6. The fraction of sp³-hybridized carbons (Fsp3) is 0.186. The molecule has 9 heteroatoms. The van der Waals surface area contributed by atoms with Crippen LogP contribution in [0.3, 0.4) is 0 Å². The van der Waals surface area contributed by atoms with Crippen LogP contribution in [-0.2, 0) is 22.8 Å². The molecule has 5 aliphatic rings. The number of nitrogens with zero attached hydrogens (tertiary/aromatic N) is 6. The Morgan fingerprint density at radius 1 is 0.582 bits per heavy atom. The number of hydrogen-bond donors (Lipinski definition) is 0. The van der Waals surface area contributed by atoms with Gasteiger partial charge in [-0.2, -0.15) is 0 Å². The molecular weight excluding hydrogens is 962 g/mol. The van der Waals surface area contributed by atoms with E-state index in [2.05, 4.69) is 189 Å². The van der Waals surface area contributed by atoms with Crippen molar-refractivity contribution in [2.24, 2.45) is 0 Å². The Morgan fingerprint density at radius 2 is 1.23 bits per heavy atom. The summed E-state index contributed by atoms with van der Waals surface area (Å²) < 4.78 is 98.2. The molecule has 0 spiro atoms. The molecule has 0 amide bonds. The van der Waals surface area contributed by atoms with Crippen LogP contribution < -0.4 is 14.5 Å². The molecule has 0 bridgehead atoms. The molecule has 0 saturated carbocycles. The molecule has 0 unspecified atom stereocenters. The molecule has 2 aromatic heterocycles. The van der Waals surface area contributed by atoms with Crippen molar-refractivity contribution in [2.75, 3.05) is 16.5 Å². The molecule has 388 valence electrons. The fourth-order valence-electron chi connectivity index (χ4n) is 11.6. The minimum absolute atomic E-state index is 0.00306. The highest BCUT2D eigenvalue weighted by molar-refractivity contribution is 6.83. The summed E-state index contributed by atoms with van der Waals surface area (Å²) in [5.74, 6) is 5.51. The van der Waals surface area contributed by atoms with E-state index in [1.807, 2.05) is 12.1 Å². The van der Waals surface area contributed by atoms with Gasteiger partial charge < -0.3 is 24.2 Å². The van der Waals surface area contributed by atoms with Gasteiger partial charge in [-0.3, -0.25) is 4.57 Å². The van der Waals surface area contributed by atoms with Crippen molar-refractivity contribution in [3.8, 4) is 17.3 Å². The van der Waals surface area contributed by atoms with Crippen LogP contribution in [0.4, 0.5) is 17.1 Å². The lowest BCUT2D eigenvalue weighted by Crippen LogP contribution is -2.37. The van der Waals surface area contributed by atoms with Gasteiger partial charge in [0.05, 0.1) is 34.6 Å². The number of allylic oxidation sites excluding steroid dienone is 8. The summed E-state index contributed by atoms with van der Waals surface area (Å²) in [6, 6.07) is 34.1. The summed E-state index contributed by atoms with van der Waals surface area (Å²) in [4.78, 5) is 14.1. The van der Waals surface area contributed by atoms with E-state index in [0.717, 1.165) is 22.6 Å². The number of benzene rings is 6. The van der Waals surface area contributed by atoms with Gasteiger partial charge in [-0.25, -0.2) is 4.98 Å². The van der Waals surface area contributed by atoms with Crippen LogP contribution in [0, 0.1) is 0 Å².